The number of nitrogens with zero attached hydrogens (tertiary/aromatic N) is 1. The number of aromatic nitrogens is 3. The van der Waals surface area contributed by atoms with Crippen LogP contribution in [0.2, 0.25) is 0 Å². The summed E-state index contributed by atoms with van der Waals surface area (Å²) in [7, 11) is 0. The lowest BCUT2D eigenvalue weighted by Crippen LogP contribution is -2.09. The van der Waals surface area contributed by atoms with Crippen LogP contribution in [0.4, 0.5) is 5.95 Å². The number of hydrogen-bond donors (Lipinski definition) is 3. The Balaban J connectivity index is 2.22. The Morgan fingerprint density at radius 2 is 1.89 bits per heavy atom. The Morgan fingerprint density at radius 3 is 2.61 bits per heavy atom. The van der Waals surface area contributed by atoms with Crippen LogP contribution in [-0.2, 0) is 0 Å². The van der Waals surface area contributed by atoms with E-state index >= 15 is 0 Å². The molecule has 0 aliphatic rings. The van der Waals surface area contributed by atoms with E-state index < -0.39 is 0 Å². The van der Waals surface area contributed by atoms with Crippen LogP contribution in [0.3, 0.4) is 0 Å². The zero-order chi connectivity index (χ0) is 12.7. The number of nitrogen functional groups attached to an aromatic ring is 1. The van der Waals surface area contributed by atoms with Gasteiger partial charge < -0.3 is 10.7 Å². The van der Waals surface area contributed by atoms with Crippen molar-refractivity contribution in [1.82, 2.24) is 15.0 Å². The highest BCUT2D eigenvalue weighted by atomic mass is 79.9. The third kappa shape index (κ3) is 1.80. The van der Waals surface area contributed by atoms with Crippen molar-refractivity contribution >= 4 is 32.9 Å². The van der Waals surface area contributed by atoms with E-state index in [0.29, 0.717) is 11.0 Å². The summed E-state index contributed by atoms with van der Waals surface area (Å²) >= 11 is 3.38. The molecule has 3 aromatic rings. The predicted octanol–water partition coefficient (Wildman–Crippen LogP) is 2.26. The zero-order valence-corrected chi connectivity index (χ0v) is 10.8. The fraction of sp³-hybridized carbons (Fsp3) is 0. The summed E-state index contributed by atoms with van der Waals surface area (Å²) in [6.45, 7) is 0. The minimum Gasteiger partial charge on any atom is -0.369 e. The van der Waals surface area contributed by atoms with E-state index in [2.05, 4.69) is 30.9 Å². The summed E-state index contributed by atoms with van der Waals surface area (Å²) in [5, 5.41) is 0.502. The summed E-state index contributed by atoms with van der Waals surface area (Å²) in [6.07, 6.45) is 0. The maximum atomic E-state index is 11.7. The number of anilines is 1. The summed E-state index contributed by atoms with van der Waals surface area (Å²) in [5.41, 5.74) is 7.57. The second-order valence-electron chi connectivity index (χ2n) is 3.90. The molecule has 90 valence electrons. The first-order chi connectivity index (χ1) is 8.63. The van der Waals surface area contributed by atoms with E-state index in [1.807, 2.05) is 24.3 Å². The summed E-state index contributed by atoms with van der Waals surface area (Å²) in [4.78, 5) is 21.3. The van der Waals surface area contributed by atoms with Gasteiger partial charge in [0.25, 0.3) is 5.56 Å². The van der Waals surface area contributed by atoms with Crippen molar-refractivity contribution in [3.63, 3.8) is 0 Å². The van der Waals surface area contributed by atoms with Crippen molar-refractivity contribution in [2.75, 3.05) is 5.73 Å². The molecule has 2 heterocycles. The summed E-state index contributed by atoms with van der Waals surface area (Å²) in [5.74, 6) is 0.108. The number of aromatic amines is 2. The van der Waals surface area contributed by atoms with E-state index in [9.17, 15) is 4.79 Å². The van der Waals surface area contributed by atoms with E-state index in [0.717, 1.165) is 15.7 Å². The summed E-state index contributed by atoms with van der Waals surface area (Å²) in [6, 6.07) is 9.54. The predicted molar refractivity (Wildman–Crippen MR) is 74.3 cm³/mol. The fourth-order valence-electron chi connectivity index (χ4n) is 1.82. The maximum Gasteiger partial charge on any atom is 0.261 e. The van der Waals surface area contributed by atoms with Gasteiger partial charge in [-0.2, -0.15) is 4.98 Å². The molecule has 0 aliphatic carbocycles. The lowest BCUT2D eigenvalue weighted by Gasteiger charge is -1.97. The standard InChI is InChI=1S/C12H9BrN4O/c13-7-3-1-6(2-4-7)9-5-8-10(15-9)16-12(14)17-11(8)18/h1-5H,(H4,14,15,16,17,18). The molecule has 1 aromatic carbocycles. The van der Waals surface area contributed by atoms with Crippen molar-refractivity contribution in [2.24, 2.45) is 0 Å². The molecular formula is C12H9BrN4O. The average Bonchev–Trinajstić information content (AvgIpc) is 2.74. The molecule has 3 rings (SSSR count). The van der Waals surface area contributed by atoms with Gasteiger partial charge in [0.05, 0.1) is 5.39 Å². The van der Waals surface area contributed by atoms with Crippen LogP contribution < -0.4 is 11.3 Å². The Labute approximate surface area is 110 Å². The van der Waals surface area contributed by atoms with Crippen molar-refractivity contribution < 1.29 is 0 Å². The SMILES string of the molecule is Nc1nc2[nH]c(-c3ccc(Br)cc3)cc2c(=O)[nH]1. The lowest BCUT2D eigenvalue weighted by atomic mass is 10.1. The van der Waals surface area contributed by atoms with Gasteiger partial charge in [-0.1, -0.05) is 28.1 Å². The van der Waals surface area contributed by atoms with Crippen molar-refractivity contribution in [2.45, 2.75) is 0 Å². The second kappa shape index (κ2) is 3.99. The first-order valence-corrected chi connectivity index (χ1v) is 6.07. The van der Waals surface area contributed by atoms with Gasteiger partial charge in [-0.25, -0.2) is 0 Å². The quantitative estimate of drug-likeness (QED) is 0.644. The fourth-order valence-corrected chi connectivity index (χ4v) is 2.09. The van der Waals surface area contributed by atoms with E-state index in [-0.39, 0.29) is 11.5 Å². The van der Waals surface area contributed by atoms with E-state index in [4.69, 9.17) is 5.73 Å². The molecule has 5 nitrogen and oxygen atoms in total. The molecule has 0 aliphatic heterocycles. The monoisotopic (exact) mass is 304 g/mol. The Kier molecular flexibility index (Phi) is 2.45. The number of hydrogen-bond acceptors (Lipinski definition) is 3. The lowest BCUT2D eigenvalue weighted by molar-refractivity contribution is 1.18. The third-order valence-electron chi connectivity index (χ3n) is 2.67. The van der Waals surface area contributed by atoms with Gasteiger partial charge in [-0.3, -0.25) is 9.78 Å². The van der Waals surface area contributed by atoms with Gasteiger partial charge in [0.15, 0.2) is 0 Å². The average molecular weight is 305 g/mol. The van der Waals surface area contributed by atoms with Crippen LogP contribution in [0.15, 0.2) is 39.6 Å². The molecular weight excluding hydrogens is 296 g/mol. The largest absolute Gasteiger partial charge is 0.369 e. The van der Waals surface area contributed by atoms with E-state index in [1.165, 1.54) is 0 Å². The minimum absolute atomic E-state index is 0.108. The third-order valence-corrected chi connectivity index (χ3v) is 3.20. The number of nitrogens with two attached hydrogens (primary N) is 1. The molecule has 6 heteroatoms. The number of fused-ring (bicyclic) bond motifs is 1. The Morgan fingerprint density at radius 1 is 1.17 bits per heavy atom. The normalized spacial score (nSPS) is 10.9. The minimum atomic E-state index is -0.239. The number of rotatable bonds is 1. The molecule has 0 atom stereocenters. The topological polar surface area (TPSA) is 87.6 Å². The first kappa shape index (κ1) is 11.0. The number of halogens is 1. The second-order valence-corrected chi connectivity index (χ2v) is 4.82. The molecule has 2 aromatic heterocycles. The Bertz CT molecular complexity index is 773. The van der Waals surface area contributed by atoms with Gasteiger partial charge in [-0.15, -0.1) is 0 Å². The molecule has 0 saturated carbocycles. The van der Waals surface area contributed by atoms with Crippen molar-refractivity contribution in [3.05, 3.63) is 45.2 Å². The highest BCUT2D eigenvalue weighted by Crippen LogP contribution is 2.23. The van der Waals surface area contributed by atoms with Gasteiger partial charge in [0.1, 0.15) is 5.65 Å². The molecule has 0 fully saturated rings. The van der Waals surface area contributed by atoms with Crippen molar-refractivity contribution in [1.29, 1.82) is 0 Å². The maximum absolute atomic E-state index is 11.7. The molecule has 0 unspecified atom stereocenters. The van der Waals surface area contributed by atoms with Crippen LogP contribution in [0.25, 0.3) is 22.3 Å². The molecule has 0 spiro atoms. The Hall–Kier alpha value is -2.08. The zero-order valence-electron chi connectivity index (χ0n) is 9.20. The van der Waals surface area contributed by atoms with E-state index in [1.54, 1.807) is 6.07 Å². The van der Waals surface area contributed by atoms with Crippen LogP contribution in [0, 0.1) is 0 Å². The van der Waals surface area contributed by atoms with Gasteiger partial charge in [0, 0.05) is 10.2 Å². The number of H-pyrrole nitrogens is 2. The number of benzene rings is 1. The van der Waals surface area contributed by atoms with Crippen LogP contribution in [-0.4, -0.2) is 15.0 Å². The van der Waals surface area contributed by atoms with Crippen LogP contribution in [0.1, 0.15) is 0 Å². The highest BCUT2D eigenvalue weighted by Gasteiger charge is 2.08. The van der Waals surface area contributed by atoms with Gasteiger partial charge in [0.2, 0.25) is 5.95 Å². The molecule has 0 amide bonds. The molecule has 4 N–H and O–H groups in total. The van der Waals surface area contributed by atoms with Crippen molar-refractivity contribution in [3.8, 4) is 11.3 Å². The van der Waals surface area contributed by atoms with Gasteiger partial charge >= 0.3 is 0 Å². The molecule has 18 heavy (non-hydrogen) atoms. The first-order valence-electron chi connectivity index (χ1n) is 5.28. The van der Waals surface area contributed by atoms with Crippen LogP contribution >= 0.6 is 15.9 Å². The molecule has 0 radical (unpaired) electrons. The van der Waals surface area contributed by atoms with Gasteiger partial charge in [-0.05, 0) is 23.8 Å². The smallest absolute Gasteiger partial charge is 0.261 e. The molecule has 0 bridgehead atoms. The van der Waals surface area contributed by atoms with Crippen LogP contribution in [0.5, 0.6) is 0 Å². The molecule has 0 saturated heterocycles. The number of nitrogens with one attached hydrogen (secondary N) is 2. The summed E-state index contributed by atoms with van der Waals surface area (Å²) < 4.78 is 1.00. The highest BCUT2D eigenvalue weighted by molar-refractivity contribution is 9.10.